The number of ether oxygens (including phenoxy) is 1. The lowest BCUT2D eigenvalue weighted by Gasteiger charge is -2.38. The van der Waals surface area contributed by atoms with E-state index in [-0.39, 0.29) is 12.1 Å². The van der Waals surface area contributed by atoms with Gasteiger partial charge in [-0.25, -0.2) is 9.59 Å². The van der Waals surface area contributed by atoms with E-state index >= 15 is 0 Å². The van der Waals surface area contributed by atoms with Gasteiger partial charge in [0.2, 0.25) is 0 Å². The number of anilines is 2. The van der Waals surface area contributed by atoms with Gasteiger partial charge < -0.3 is 20.3 Å². The predicted molar refractivity (Wildman–Crippen MR) is 128 cm³/mol. The van der Waals surface area contributed by atoms with Gasteiger partial charge in [0.15, 0.2) is 0 Å². The number of nitrogens with one attached hydrogen (secondary N) is 2. The molecule has 33 heavy (non-hydrogen) atoms. The van der Waals surface area contributed by atoms with Crippen LogP contribution in [0.25, 0.3) is 0 Å². The lowest BCUT2D eigenvalue weighted by molar-refractivity contribution is 0.0103. The van der Waals surface area contributed by atoms with Crippen LogP contribution in [0.4, 0.5) is 21.0 Å². The van der Waals surface area contributed by atoms with Crippen molar-refractivity contribution in [1.29, 1.82) is 0 Å². The molecule has 2 aromatic rings. The molecule has 8 nitrogen and oxygen atoms in total. The average molecular weight is 452 g/mol. The van der Waals surface area contributed by atoms with E-state index in [0.29, 0.717) is 24.8 Å². The highest BCUT2D eigenvalue weighted by molar-refractivity contribution is 6.00. The van der Waals surface area contributed by atoms with Crippen LogP contribution in [0.15, 0.2) is 36.5 Å². The van der Waals surface area contributed by atoms with Gasteiger partial charge in [0.1, 0.15) is 5.60 Å². The molecule has 1 aliphatic heterocycles. The van der Waals surface area contributed by atoms with Gasteiger partial charge in [-0.05, 0) is 69.9 Å². The van der Waals surface area contributed by atoms with Crippen LogP contribution in [-0.2, 0) is 11.2 Å². The molecule has 8 heteroatoms. The van der Waals surface area contributed by atoms with Gasteiger partial charge in [0, 0.05) is 43.6 Å². The maximum absolute atomic E-state index is 12.5. The first-order chi connectivity index (χ1) is 15.7. The maximum Gasteiger partial charge on any atom is 0.410 e. The molecule has 0 spiro atoms. The highest BCUT2D eigenvalue weighted by atomic mass is 16.6. The van der Waals surface area contributed by atoms with E-state index in [0.717, 1.165) is 37.3 Å². The second kappa shape index (κ2) is 9.39. The number of pyridine rings is 1. The number of hydrogen-bond donors (Lipinski definition) is 2. The summed E-state index contributed by atoms with van der Waals surface area (Å²) in [7, 11) is 0. The number of rotatable bonds is 3. The minimum absolute atomic E-state index is 0.241. The number of carbonyl (C=O) groups excluding carboxylic acids is 2. The van der Waals surface area contributed by atoms with Crippen molar-refractivity contribution in [2.24, 2.45) is 0 Å². The molecule has 0 bridgehead atoms. The molecule has 1 aliphatic carbocycles. The van der Waals surface area contributed by atoms with Crippen LogP contribution in [-0.4, -0.2) is 58.7 Å². The van der Waals surface area contributed by atoms with Crippen molar-refractivity contribution >= 4 is 23.5 Å². The average Bonchev–Trinajstić information content (AvgIpc) is 3.19. The van der Waals surface area contributed by atoms with Gasteiger partial charge >= 0.3 is 12.1 Å². The highest BCUT2D eigenvalue weighted by Crippen LogP contribution is 2.39. The number of carbonyl (C=O) groups is 2. The Morgan fingerprint density at radius 3 is 2.48 bits per heavy atom. The van der Waals surface area contributed by atoms with Gasteiger partial charge in [0.05, 0.1) is 11.9 Å². The Morgan fingerprint density at radius 1 is 1.06 bits per heavy atom. The van der Waals surface area contributed by atoms with Crippen molar-refractivity contribution in [3.05, 3.63) is 53.3 Å². The van der Waals surface area contributed by atoms with Crippen LogP contribution in [0.5, 0.6) is 0 Å². The molecule has 1 aromatic heterocycles. The largest absolute Gasteiger partial charge is 0.444 e. The molecular weight excluding hydrogens is 418 g/mol. The number of aromatic nitrogens is 1. The third kappa shape index (κ3) is 5.63. The first kappa shape index (κ1) is 23.0. The number of piperazine rings is 1. The zero-order valence-corrected chi connectivity index (χ0v) is 19.9. The summed E-state index contributed by atoms with van der Waals surface area (Å²) in [6.07, 6.45) is 3.33. The number of amides is 3. The van der Waals surface area contributed by atoms with Gasteiger partial charge in [-0.3, -0.25) is 9.88 Å². The molecule has 1 fully saturated rings. The minimum atomic E-state index is -0.482. The number of nitrogens with zero attached hydrogens (tertiary/aromatic N) is 3. The van der Waals surface area contributed by atoms with E-state index in [1.54, 1.807) is 11.1 Å². The Kier molecular flexibility index (Phi) is 6.56. The Morgan fingerprint density at radius 2 is 1.82 bits per heavy atom. The van der Waals surface area contributed by atoms with Gasteiger partial charge in [-0.15, -0.1) is 0 Å². The van der Waals surface area contributed by atoms with Crippen molar-refractivity contribution < 1.29 is 14.3 Å². The summed E-state index contributed by atoms with van der Waals surface area (Å²) in [6, 6.07) is 9.83. The lowest BCUT2D eigenvalue weighted by atomic mass is 10.0. The third-order valence-corrected chi connectivity index (χ3v) is 6.06. The molecule has 4 rings (SSSR count). The normalized spacial score (nSPS) is 18.5. The topological polar surface area (TPSA) is 86.8 Å². The summed E-state index contributed by atoms with van der Waals surface area (Å²) in [5.41, 5.74) is 4.38. The van der Waals surface area contributed by atoms with Crippen LogP contribution >= 0.6 is 0 Å². The van der Waals surface area contributed by atoms with Crippen LogP contribution in [0.2, 0.25) is 0 Å². The standard InChI is InChI=1S/C25H33N5O3/c1-17-8-9-18(16-26-17)27-23(31)28-21-7-5-6-20-19(21)10-11-22(20)29-12-14-30(15-13-29)24(32)33-25(2,3)4/h5-9,16,22H,10-15H2,1-4H3,(H2,27,28,31). The molecule has 2 N–H and O–H groups in total. The van der Waals surface area contributed by atoms with E-state index in [1.807, 2.05) is 52.0 Å². The van der Waals surface area contributed by atoms with Gasteiger partial charge in [0.25, 0.3) is 0 Å². The fraction of sp³-hybridized carbons (Fsp3) is 0.480. The summed E-state index contributed by atoms with van der Waals surface area (Å²) in [5.74, 6) is 0. The molecular formula is C25H33N5O3. The second-order valence-electron chi connectivity index (χ2n) is 9.70. The zero-order chi connectivity index (χ0) is 23.6. The molecule has 0 saturated carbocycles. The molecule has 0 radical (unpaired) electrons. The SMILES string of the molecule is Cc1ccc(NC(=O)Nc2cccc3c2CCC3N2CCN(C(=O)OC(C)(C)C)CC2)cn1. The van der Waals surface area contributed by atoms with Crippen molar-refractivity contribution in [2.45, 2.75) is 52.2 Å². The zero-order valence-electron chi connectivity index (χ0n) is 19.9. The van der Waals surface area contributed by atoms with Crippen LogP contribution in [0.3, 0.4) is 0 Å². The molecule has 176 valence electrons. The molecule has 3 amide bonds. The Labute approximate surface area is 195 Å². The first-order valence-electron chi connectivity index (χ1n) is 11.5. The summed E-state index contributed by atoms with van der Waals surface area (Å²) in [6.45, 7) is 10.5. The highest BCUT2D eigenvalue weighted by Gasteiger charge is 2.33. The number of urea groups is 1. The Hall–Kier alpha value is -3.13. The van der Waals surface area contributed by atoms with E-state index in [4.69, 9.17) is 4.74 Å². The number of benzene rings is 1. The predicted octanol–water partition coefficient (Wildman–Crippen LogP) is 4.57. The summed E-state index contributed by atoms with van der Waals surface area (Å²) in [5, 5.41) is 5.85. The lowest BCUT2D eigenvalue weighted by Crippen LogP contribution is -2.50. The smallest absolute Gasteiger partial charge is 0.410 e. The van der Waals surface area contributed by atoms with E-state index in [2.05, 4.69) is 26.6 Å². The van der Waals surface area contributed by atoms with Crippen molar-refractivity contribution in [1.82, 2.24) is 14.8 Å². The van der Waals surface area contributed by atoms with E-state index in [9.17, 15) is 9.59 Å². The van der Waals surface area contributed by atoms with Gasteiger partial charge in [-0.1, -0.05) is 12.1 Å². The first-order valence-corrected chi connectivity index (χ1v) is 11.5. The molecule has 1 atom stereocenters. The van der Waals surface area contributed by atoms with E-state index in [1.165, 1.54) is 11.1 Å². The number of fused-ring (bicyclic) bond motifs is 1. The Balaban J connectivity index is 1.37. The van der Waals surface area contributed by atoms with Crippen molar-refractivity contribution in [3.63, 3.8) is 0 Å². The third-order valence-electron chi connectivity index (χ3n) is 6.06. The number of aryl methyl sites for hydroxylation is 1. The molecule has 1 aromatic carbocycles. The van der Waals surface area contributed by atoms with Crippen LogP contribution in [0.1, 0.15) is 50.1 Å². The quantitative estimate of drug-likeness (QED) is 0.714. The molecule has 2 aliphatic rings. The summed E-state index contributed by atoms with van der Waals surface area (Å²) >= 11 is 0. The fourth-order valence-corrected chi connectivity index (χ4v) is 4.50. The van der Waals surface area contributed by atoms with Crippen molar-refractivity contribution in [2.75, 3.05) is 36.8 Å². The van der Waals surface area contributed by atoms with Crippen LogP contribution in [0, 0.1) is 6.92 Å². The fourth-order valence-electron chi connectivity index (χ4n) is 4.50. The minimum Gasteiger partial charge on any atom is -0.444 e. The second-order valence-corrected chi connectivity index (χ2v) is 9.70. The van der Waals surface area contributed by atoms with Crippen molar-refractivity contribution in [3.8, 4) is 0 Å². The van der Waals surface area contributed by atoms with E-state index < -0.39 is 5.60 Å². The summed E-state index contributed by atoms with van der Waals surface area (Å²) in [4.78, 5) is 33.4. The van der Waals surface area contributed by atoms with Crippen LogP contribution < -0.4 is 10.6 Å². The number of hydrogen-bond acceptors (Lipinski definition) is 5. The Bertz CT molecular complexity index is 1010. The summed E-state index contributed by atoms with van der Waals surface area (Å²) < 4.78 is 5.51. The molecule has 1 unspecified atom stereocenters. The van der Waals surface area contributed by atoms with Gasteiger partial charge in [-0.2, -0.15) is 0 Å². The molecule has 1 saturated heterocycles. The molecule has 2 heterocycles. The maximum atomic E-state index is 12.5. The monoisotopic (exact) mass is 451 g/mol.